The number of fused-ring (bicyclic) bond motifs is 1. The molecule has 0 fully saturated rings. The Hall–Kier alpha value is -2.21. The predicted octanol–water partition coefficient (Wildman–Crippen LogP) is 2.74. The molecule has 0 aromatic carbocycles. The van der Waals surface area contributed by atoms with Gasteiger partial charge in [-0.3, -0.25) is 9.78 Å². The number of aromatic nitrogens is 3. The molecule has 0 aliphatic carbocycles. The average Bonchev–Trinajstić information content (AvgIpc) is 2.81. The SMILES string of the molecule is O=C(Nc1ccn2ncc(Br)c2c1)c1ccccn1. The molecule has 1 N–H and O–H groups in total. The smallest absolute Gasteiger partial charge is 0.274 e. The topological polar surface area (TPSA) is 59.3 Å². The maximum absolute atomic E-state index is 12.0. The first-order valence-corrected chi connectivity index (χ1v) is 6.38. The summed E-state index contributed by atoms with van der Waals surface area (Å²) in [6.45, 7) is 0. The van der Waals surface area contributed by atoms with E-state index in [1.165, 1.54) is 0 Å². The summed E-state index contributed by atoms with van der Waals surface area (Å²) in [6.07, 6.45) is 5.08. The molecule has 3 heterocycles. The molecule has 3 aromatic rings. The van der Waals surface area contributed by atoms with Crippen LogP contribution in [-0.4, -0.2) is 20.5 Å². The number of amides is 1. The summed E-state index contributed by atoms with van der Waals surface area (Å²) < 4.78 is 2.60. The summed E-state index contributed by atoms with van der Waals surface area (Å²) in [7, 11) is 0. The number of halogens is 1. The fourth-order valence-electron chi connectivity index (χ4n) is 1.72. The van der Waals surface area contributed by atoms with E-state index in [0.717, 1.165) is 9.99 Å². The lowest BCUT2D eigenvalue weighted by Crippen LogP contribution is -2.13. The number of rotatable bonds is 2. The van der Waals surface area contributed by atoms with Crippen molar-refractivity contribution < 1.29 is 4.79 Å². The molecule has 0 saturated carbocycles. The minimum atomic E-state index is -0.236. The molecule has 0 atom stereocenters. The molecule has 3 rings (SSSR count). The van der Waals surface area contributed by atoms with Crippen LogP contribution in [0.2, 0.25) is 0 Å². The molecule has 19 heavy (non-hydrogen) atoms. The summed E-state index contributed by atoms with van der Waals surface area (Å²) in [5.41, 5.74) is 1.97. The van der Waals surface area contributed by atoms with E-state index in [4.69, 9.17) is 0 Å². The Morgan fingerprint density at radius 2 is 2.21 bits per heavy atom. The van der Waals surface area contributed by atoms with Crippen LogP contribution in [0.1, 0.15) is 10.5 Å². The Morgan fingerprint density at radius 3 is 3.00 bits per heavy atom. The van der Waals surface area contributed by atoms with Crippen LogP contribution in [0.4, 0.5) is 5.69 Å². The molecule has 3 aromatic heterocycles. The number of carbonyl (C=O) groups is 1. The zero-order valence-electron chi connectivity index (χ0n) is 9.75. The van der Waals surface area contributed by atoms with Crippen LogP contribution in [0.15, 0.2) is 53.4 Å². The molecule has 0 radical (unpaired) electrons. The lowest BCUT2D eigenvalue weighted by Gasteiger charge is -2.05. The lowest BCUT2D eigenvalue weighted by atomic mass is 10.3. The van der Waals surface area contributed by atoms with Gasteiger partial charge in [0, 0.05) is 18.1 Å². The molecule has 6 heteroatoms. The Balaban J connectivity index is 1.89. The van der Waals surface area contributed by atoms with Crippen molar-refractivity contribution in [1.82, 2.24) is 14.6 Å². The molecule has 0 saturated heterocycles. The Morgan fingerprint density at radius 1 is 1.32 bits per heavy atom. The highest BCUT2D eigenvalue weighted by molar-refractivity contribution is 9.10. The number of carbonyl (C=O) groups excluding carboxylic acids is 1. The number of nitrogens with zero attached hydrogens (tertiary/aromatic N) is 3. The zero-order chi connectivity index (χ0) is 13.2. The third-order valence-electron chi connectivity index (χ3n) is 2.63. The largest absolute Gasteiger partial charge is 0.321 e. The number of pyridine rings is 2. The van der Waals surface area contributed by atoms with Crippen molar-refractivity contribution in [2.75, 3.05) is 5.32 Å². The van der Waals surface area contributed by atoms with Crippen LogP contribution in [0, 0.1) is 0 Å². The molecule has 0 aliphatic heterocycles. The van der Waals surface area contributed by atoms with Gasteiger partial charge >= 0.3 is 0 Å². The summed E-state index contributed by atoms with van der Waals surface area (Å²) in [5.74, 6) is -0.236. The normalized spacial score (nSPS) is 10.6. The Kier molecular flexibility index (Phi) is 3.00. The highest BCUT2D eigenvalue weighted by Crippen LogP contribution is 2.20. The van der Waals surface area contributed by atoms with E-state index >= 15 is 0 Å². The number of hydrogen-bond acceptors (Lipinski definition) is 3. The van der Waals surface area contributed by atoms with Gasteiger partial charge in [-0.05, 0) is 40.2 Å². The predicted molar refractivity (Wildman–Crippen MR) is 75.1 cm³/mol. The van der Waals surface area contributed by atoms with Gasteiger partial charge < -0.3 is 5.32 Å². The first kappa shape index (κ1) is 11.9. The minimum absolute atomic E-state index is 0.236. The second-order valence-corrected chi connectivity index (χ2v) is 4.76. The number of hydrogen-bond donors (Lipinski definition) is 1. The molecule has 0 bridgehead atoms. The van der Waals surface area contributed by atoms with Crippen LogP contribution in [0.3, 0.4) is 0 Å². The molecule has 0 aliphatic rings. The van der Waals surface area contributed by atoms with Gasteiger partial charge in [-0.2, -0.15) is 5.10 Å². The molecule has 1 amide bonds. The summed E-state index contributed by atoms with van der Waals surface area (Å²) in [4.78, 5) is 16.0. The van der Waals surface area contributed by atoms with Crippen LogP contribution >= 0.6 is 15.9 Å². The van der Waals surface area contributed by atoms with Crippen LogP contribution in [-0.2, 0) is 0 Å². The first-order chi connectivity index (χ1) is 9.24. The maximum atomic E-state index is 12.0. The van der Waals surface area contributed by atoms with Gasteiger partial charge in [-0.1, -0.05) is 6.07 Å². The van der Waals surface area contributed by atoms with Crippen molar-refractivity contribution in [1.29, 1.82) is 0 Å². The highest BCUT2D eigenvalue weighted by atomic mass is 79.9. The fourth-order valence-corrected chi connectivity index (χ4v) is 2.11. The standard InChI is InChI=1S/C13H9BrN4O/c14-10-8-16-18-6-4-9(7-12(10)18)17-13(19)11-3-1-2-5-15-11/h1-8H,(H,17,19). The first-order valence-electron chi connectivity index (χ1n) is 5.59. The molecule has 5 nitrogen and oxygen atoms in total. The van der Waals surface area contributed by atoms with E-state index in [1.807, 2.05) is 6.07 Å². The van der Waals surface area contributed by atoms with Gasteiger partial charge in [0.25, 0.3) is 5.91 Å². The Labute approximate surface area is 117 Å². The van der Waals surface area contributed by atoms with Crippen LogP contribution in [0.25, 0.3) is 5.52 Å². The monoisotopic (exact) mass is 316 g/mol. The maximum Gasteiger partial charge on any atom is 0.274 e. The van der Waals surface area contributed by atoms with Crippen molar-refractivity contribution in [3.63, 3.8) is 0 Å². The minimum Gasteiger partial charge on any atom is -0.321 e. The van der Waals surface area contributed by atoms with E-state index in [-0.39, 0.29) is 5.91 Å². The molecule has 0 unspecified atom stereocenters. The quantitative estimate of drug-likeness (QED) is 0.790. The summed E-state index contributed by atoms with van der Waals surface area (Å²) >= 11 is 3.40. The number of anilines is 1. The van der Waals surface area contributed by atoms with Gasteiger partial charge in [-0.25, -0.2) is 4.52 Å². The van der Waals surface area contributed by atoms with Gasteiger partial charge in [-0.15, -0.1) is 0 Å². The molecule has 94 valence electrons. The summed E-state index contributed by atoms with van der Waals surface area (Å²) in [6, 6.07) is 8.85. The van der Waals surface area contributed by atoms with Gasteiger partial charge in [0.05, 0.1) is 16.2 Å². The highest BCUT2D eigenvalue weighted by Gasteiger charge is 2.08. The second kappa shape index (κ2) is 4.81. The van der Waals surface area contributed by atoms with Crippen molar-refractivity contribution in [3.8, 4) is 0 Å². The Bertz CT molecular complexity index is 739. The molecular weight excluding hydrogens is 308 g/mol. The van der Waals surface area contributed by atoms with Crippen molar-refractivity contribution in [2.45, 2.75) is 0 Å². The van der Waals surface area contributed by atoms with E-state index in [2.05, 4.69) is 31.3 Å². The molecule has 0 spiro atoms. The van der Waals surface area contributed by atoms with Crippen molar-refractivity contribution >= 4 is 33.0 Å². The fraction of sp³-hybridized carbons (Fsp3) is 0. The third-order valence-corrected chi connectivity index (χ3v) is 3.24. The van der Waals surface area contributed by atoms with E-state index in [0.29, 0.717) is 11.4 Å². The zero-order valence-corrected chi connectivity index (χ0v) is 11.3. The van der Waals surface area contributed by atoms with E-state index in [1.54, 1.807) is 47.4 Å². The van der Waals surface area contributed by atoms with Crippen LogP contribution in [0.5, 0.6) is 0 Å². The third kappa shape index (κ3) is 2.34. The van der Waals surface area contributed by atoms with Gasteiger partial charge in [0.2, 0.25) is 0 Å². The van der Waals surface area contributed by atoms with Crippen molar-refractivity contribution in [3.05, 3.63) is 59.1 Å². The lowest BCUT2D eigenvalue weighted by molar-refractivity contribution is 0.102. The van der Waals surface area contributed by atoms with Gasteiger partial charge in [0.15, 0.2) is 0 Å². The van der Waals surface area contributed by atoms with E-state index < -0.39 is 0 Å². The second-order valence-electron chi connectivity index (χ2n) is 3.91. The number of nitrogens with one attached hydrogen (secondary N) is 1. The molecular formula is C13H9BrN4O. The van der Waals surface area contributed by atoms with E-state index in [9.17, 15) is 4.79 Å². The van der Waals surface area contributed by atoms with Crippen molar-refractivity contribution in [2.24, 2.45) is 0 Å². The summed E-state index contributed by atoms with van der Waals surface area (Å²) in [5, 5.41) is 6.95. The van der Waals surface area contributed by atoms with Gasteiger partial charge in [0.1, 0.15) is 5.69 Å². The van der Waals surface area contributed by atoms with Crippen LogP contribution < -0.4 is 5.32 Å². The average molecular weight is 317 g/mol.